The molecule has 1 aliphatic carbocycles. The highest BCUT2D eigenvalue weighted by molar-refractivity contribution is 6.52. The van der Waals surface area contributed by atoms with Crippen molar-refractivity contribution in [2.24, 2.45) is 0 Å². The first-order chi connectivity index (χ1) is 6.04. The van der Waals surface area contributed by atoms with Crippen LogP contribution in [0.25, 0.3) is 0 Å². The van der Waals surface area contributed by atoms with Gasteiger partial charge >= 0.3 is 0 Å². The maximum Gasteiger partial charge on any atom is 0.146 e. The molecule has 1 fully saturated rings. The minimum absolute atomic E-state index is 0.786. The van der Waals surface area contributed by atoms with Crippen molar-refractivity contribution < 1.29 is 15.6 Å². The van der Waals surface area contributed by atoms with E-state index in [-0.39, 0.29) is 0 Å². The molecule has 0 saturated heterocycles. The van der Waals surface area contributed by atoms with Crippen molar-refractivity contribution in [3.63, 3.8) is 0 Å². The largest absolute Gasteiger partial charge is 0.547 e. The molecule has 0 aromatic rings. The zero-order valence-electron chi connectivity index (χ0n) is 7.47. The van der Waals surface area contributed by atoms with Crippen molar-refractivity contribution >= 4 is 29.2 Å². The summed E-state index contributed by atoms with van der Waals surface area (Å²) in [6.45, 7) is 0. The Hall–Kier alpha value is 0.01000. The van der Waals surface area contributed by atoms with Crippen LogP contribution in [-0.2, 0) is 4.79 Å². The van der Waals surface area contributed by atoms with E-state index in [0.717, 1.165) is 6.04 Å². The van der Waals surface area contributed by atoms with Crippen LogP contribution in [0.2, 0.25) is 0 Å². The zero-order chi connectivity index (χ0) is 10.3. The first kappa shape index (κ1) is 13.0. The summed E-state index contributed by atoms with van der Waals surface area (Å²) in [6.07, 6.45) is 7.05. The van der Waals surface area contributed by atoms with Crippen LogP contribution in [-0.4, -0.2) is 16.8 Å². The molecule has 1 rings (SSSR count). The average Bonchev–Trinajstić information content (AvgIpc) is 2.06. The van der Waals surface area contributed by atoms with E-state index >= 15 is 0 Å². The van der Waals surface area contributed by atoms with Crippen molar-refractivity contribution in [2.75, 3.05) is 0 Å². The fourth-order valence-electron chi connectivity index (χ4n) is 1.19. The molecule has 13 heavy (non-hydrogen) atoms. The summed E-state index contributed by atoms with van der Waals surface area (Å²) in [5.41, 5.74) is 4.00. The lowest BCUT2D eigenvalue weighted by atomic mass is 9.97. The molecule has 5 heteroatoms. The van der Waals surface area contributed by atoms with Gasteiger partial charge in [0.05, 0.1) is 12.0 Å². The Bertz CT molecular complexity index is 147. The van der Waals surface area contributed by atoms with Crippen molar-refractivity contribution in [3.8, 4) is 0 Å². The van der Waals surface area contributed by atoms with E-state index < -0.39 is 10.8 Å². The molecule has 0 heterocycles. The average molecular weight is 228 g/mol. The molecule has 1 aliphatic rings. The monoisotopic (exact) mass is 227 g/mol. The summed E-state index contributed by atoms with van der Waals surface area (Å²) in [5.74, 6) is -1.46. The first-order valence-electron chi connectivity index (χ1n) is 4.36. The van der Waals surface area contributed by atoms with Gasteiger partial charge in [0, 0.05) is 0 Å². The summed E-state index contributed by atoms with van der Waals surface area (Å²) in [7, 11) is 0. The van der Waals surface area contributed by atoms with E-state index in [1.165, 1.54) is 32.1 Å². The quantitative estimate of drug-likeness (QED) is 0.647. The summed E-state index contributed by atoms with van der Waals surface area (Å²) in [5, 5.41) is 9.32. The number of rotatable bonds is 1. The van der Waals surface area contributed by atoms with Crippen LogP contribution in [0.4, 0.5) is 0 Å². The summed E-state index contributed by atoms with van der Waals surface area (Å²) < 4.78 is 0. The highest BCUT2D eigenvalue weighted by atomic mass is 35.5. The minimum atomic E-state index is -1.46. The Morgan fingerprint density at radius 3 is 1.85 bits per heavy atom. The lowest BCUT2D eigenvalue weighted by molar-refractivity contribution is -0.425. The van der Waals surface area contributed by atoms with Crippen molar-refractivity contribution in [1.82, 2.24) is 0 Å². The lowest BCUT2D eigenvalue weighted by Gasteiger charge is -2.12. The fraction of sp³-hybridized carbons (Fsp3) is 0.875. The Morgan fingerprint density at radius 2 is 1.69 bits per heavy atom. The van der Waals surface area contributed by atoms with Gasteiger partial charge in [-0.25, -0.2) is 0 Å². The molecule has 0 aromatic heterocycles. The maximum atomic E-state index is 9.32. The molecule has 3 N–H and O–H groups in total. The topological polar surface area (TPSA) is 67.8 Å². The number of carboxylic acids is 1. The van der Waals surface area contributed by atoms with Crippen LogP contribution in [0.5, 0.6) is 0 Å². The Morgan fingerprint density at radius 1 is 1.31 bits per heavy atom. The number of carbonyl (C=O) groups excluding carboxylic acids is 1. The number of carbonyl (C=O) groups is 1. The van der Waals surface area contributed by atoms with Gasteiger partial charge in [-0.3, -0.25) is 0 Å². The van der Waals surface area contributed by atoms with Gasteiger partial charge in [0.15, 0.2) is 0 Å². The summed E-state index contributed by atoms with van der Waals surface area (Å²) in [6, 6.07) is 0.786. The second-order valence-corrected chi connectivity index (χ2v) is 4.22. The number of alkyl halides is 2. The molecular weight excluding hydrogens is 213 g/mol. The number of hydrogen-bond acceptors (Lipinski definition) is 2. The molecule has 3 nitrogen and oxygen atoms in total. The van der Waals surface area contributed by atoms with Crippen LogP contribution in [0.1, 0.15) is 32.1 Å². The van der Waals surface area contributed by atoms with Gasteiger partial charge < -0.3 is 15.6 Å². The van der Waals surface area contributed by atoms with E-state index in [4.69, 9.17) is 23.2 Å². The van der Waals surface area contributed by atoms with Crippen LogP contribution < -0.4 is 10.8 Å². The standard InChI is InChI=1S/C6H13N.C2H2Cl2O2/c7-6-4-2-1-3-5-6;3-1(4)2(5)6/h6H,1-5,7H2;1H,(H,5,6). The fourth-order valence-corrected chi connectivity index (χ4v) is 1.19. The minimum Gasteiger partial charge on any atom is -0.547 e. The van der Waals surface area contributed by atoms with Crippen LogP contribution in [0.3, 0.4) is 0 Å². The van der Waals surface area contributed by atoms with Crippen molar-refractivity contribution in [1.29, 1.82) is 0 Å². The number of aliphatic carboxylic acids is 1. The van der Waals surface area contributed by atoms with E-state index in [2.05, 4.69) is 5.73 Å². The SMILES string of the molecule is O=C([O-])C(Cl)Cl.[NH3+]C1CCCCC1. The number of carboxylic acid groups (broad SMARTS) is 1. The molecule has 0 spiro atoms. The van der Waals surface area contributed by atoms with Gasteiger partial charge in [-0.05, 0) is 25.7 Å². The molecule has 1 saturated carbocycles. The summed E-state index contributed by atoms with van der Waals surface area (Å²) in [4.78, 5) is 7.93. The molecule has 0 unspecified atom stereocenters. The predicted octanol–water partition coefficient (Wildman–Crippen LogP) is 0.101. The first-order valence-corrected chi connectivity index (χ1v) is 5.23. The van der Waals surface area contributed by atoms with E-state index in [1.807, 2.05) is 0 Å². The Kier molecular flexibility index (Phi) is 7.42. The van der Waals surface area contributed by atoms with Gasteiger partial charge in [-0.15, -0.1) is 0 Å². The third-order valence-corrected chi connectivity index (χ3v) is 2.26. The van der Waals surface area contributed by atoms with Crippen molar-refractivity contribution in [2.45, 2.75) is 43.0 Å². The number of quaternary nitrogens is 1. The van der Waals surface area contributed by atoms with Crippen LogP contribution in [0.15, 0.2) is 0 Å². The Labute approximate surface area is 88.2 Å². The molecule has 0 amide bonds. The van der Waals surface area contributed by atoms with Gasteiger partial charge in [0.1, 0.15) is 4.84 Å². The number of halogens is 2. The van der Waals surface area contributed by atoms with Crippen LogP contribution in [0, 0.1) is 0 Å². The molecule has 78 valence electrons. The second kappa shape index (κ2) is 7.42. The van der Waals surface area contributed by atoms with Gasteiger partial charge in [0.25, 0.3) is 0 Å². The normalized spacial score (nSPS) is 17.8. The van der Waals surface area contributed by atoms with Gasteiger partial charge in [-0.1, -0.05) is 29.6 Å². The van der Waals surface area contributed by atoms with Gasteiger partial charge in [-0.2, -0.15) is 0 Å². The highest BCUT2D eigenvalue weighted by Gasteiger charge is 2.09. The molecule has 0 bridgehead atoms. The number of hydrogen-bond donors (Lipinski definition) is 1. The van der Waals surface area contributed by atoms with E-state index in [9.17, 15) is 9.90 Å². The molecule has 0 aromatic carbocycles. The third-order valence-electron chi connectivity index (χ3n) is 1.90. The molecular formula is C8H15Cl2NO2. The lowest BCUT2D eigenvalue weighted by Crippen LogP contribution is -2.61. The second-order valence-electron chi connectivity index (χ2n) is 3.12. The van der Waals surface area contributed by atoms with Crippen molar-refractivity contribution in [3.05, 3.63) is 0 Å². The van der Waals surface area contributed by atoms with E-state index in [1.54, 1.807) is 0 Å². The molecule has 0 atom stereocenters. The Balaban J connectivity index is 0.000000226. The zero-order valence-corrected chi connectivity index (χ0v) is 8.98. The van der Waals surface area contributed by atoms with Crippen LogP contribution >= 0.6 is 23.2 Å². The highest BCUT2D eigenvalue weighted by Crippen LogP contribution is 2.13. The van der Waals surface area contributed by atoms with E-state index in [0.29, 0.717) is 0 Å². The summed E-state index contributed by atoms with van der Waals surface area (Å²) >= 11 is 9.43. The molecule has 0 aliphatic heterocycles. The third kappa shape index (κ3) is 8.34. The molecule has 0 radical (unpaired) electrons. The maximum absolute atomic E-state index is 9.32. The van der Waals surface area contributed by atoms with Gasteiger partial charge in [0.2, 0.25) is 0 Å². The predicted molar refractivity (Wildman–Crippen MR) is 50.3 cm³/mol. The smallest absolute Gasteiger partial charge is 0.146 e.